The molecule has 0 atom stereocenters. The van der Waals surface area contributed by atoms with Crippen molar-refractivity contribution < 1.29 is 0 Å². The summed E-state index contributed by atoms with van der Waals surface area (Å²) in [7, 11) is 0. The van der Waals surface area contributed by atoms with E-state index in [4.69, 9.17) is 10.8 Å². The molecule has 0 fully saturated rings. The minimum Gasteiger partial charge on any atom is -0.298 e. The second kappa shape index (κ2) is 1.28. The highest BCUT2D eigenvalue weighted by atomic mass is 14.5. The molecular formula is C6H8N2. The van der Waals surface area contributed by atoms with Crippen LogP contribution in [0.4, 0.5) is 0 Å². The lowest BCUT2D eigenvalue weighted by Crippen LogP contribution is -2.36. The fourth-order valence-electron chi connectivity index (χ4n) is 0.688. The maximum Gasteiger partial charge on any atom is 0.0824 e. The fraction of sp³-hybridized carbons (Fsp3) is 0.333. The summed E-state index contributed by atoms with van der Waals surface area (Å²) >= 11 is 0. The first kappa shape index (κ1) is 5.22. The van der Waals surface area contributed by atoms with E-state index < -0.39 is 0 Å². The second-order valence-corrected chi connectivity index (χ2v) is 2.00. The van der Waals surface area contributed by atoms with E-state index in [-0.39, 0.29) is 0 Å². The normalized spacial score (nSPS) is 10.2. The molecule has 0 amide bonds. The molecule has 1 aromatic rings. The molecule has 0 heterocycles. The summed E-state index contributed by atoms with van der Waals surface area (Å²) < 4.78 is 0. The Bertz CT molecular complexity index is 247. The van der Waals surface area contributed by atoms with Crippen LogP contribution in [0, 0.1) is 24.7 Å². The molecule has 1 rings (SSSR count). The van der Waals surface area contributed by atoms with E-state index in [1.807, 2.05) is 13.8 Å². The van der Waals surface area contributed by atoms with Gasteiger partial charge in [0.1, 0.15) is 0 Å². The molecule has 0 saturated heterocycles. The summed E-state index contributed by atoms with van der Waals surface area (Å²) in [6, 6.07) is 0. The first-order valence-electron chi connectivity index (χ1n) is 2.50. The van der Waals surface area contributed by atoms with Gasteiger partial charge in [0.2, 0.25) is 0 Å². The highest BCUT2D eigenvalue weighted by molar-refractivity contribution is 5.26. The van der Waals surface area contributed by atoms with E-state index in [9.17, 15) is 0 Å². The monoisotopic (exact) mass is 108 g/mol. The van der Waals surface area contributed by atoms with Crippen LogP contribution in [-0.4, -0.2) is 0 Å². The zero-order valence-corrected chi connectivity index (χ0v) is 5.00. The lowest BCUT2D eigenvalue weighted by Gasteiger charge is -2.01. The van der Waals surface area contributed by atoms with Crippen molar-refractivity contribution in [1.29, 1.82) is 10.8 Å². The number of hydrogen-bond donors (Lipinski definition) is 2. The first-order chi connectivity index (χ1) is 3.64. The molecule has 2 nitrogen and oxygen atoms in total. The van der Waals surface area contributed by atoms with Crippen LogP contribution in [0.25, 0.3) is 0 Å². The van der Waals surface area contributed by atoms with Crippen molar-refractivity contribution in [1.82, 2.24) is 0 Å². The van der Waals surface area contributed by atoms with Crippen LogP contribution in [0.1, 0.15) is 11.1 Å². The Morgan fingerprint density at radius 1 is 0.875 bits per heavy atom. The zero-order valence-electron chi connectivity index (χ0n) is 5.00. The van der Waals surface area contributed by atoms with E-state index >= 15 is 0 Å². The van der Waals surface area contributed by atoms with E-state index in [0.717, 1.165) is 11.1 Å². The van der Waals surface area contributed by atoms with Crippen LogP contribution < -0.4 is 10.7 Å². The molecule has 0 aliphatic carbocycles. The Morgan fingerprint density at radius 2 is 1.12 bits per heavy atom. The molecular weight excluding hydrogens is 100 g/mol. The molecule has 0 unspecified atom stereocenters. The summed E-state index contributed by atoms with van der Waals surface area (Å²) in [5, 5.41) is 15.0. The highest BCUT2D eigenvalue weighted by Gasteiger charge is 2.02. The molecule has 0 saturated carbocycles. The van der Waals surface area contributed by atoms with Crippen molar-refractivity contribution in [3.8, 4) is 0 Å². The van der Waals surface area contributed by atoms with Crippen molar-refractivity contribution in [3.63, 3.8) is 0 Å². The van der Waals surface area contributed by atoms with Gasteiger partial charge in [-0.05, 0) is 25.0 Å². The van der Waals surface area contributed by atoms with Gasteiger partial charge in [0.25, 0.3) is 0 Å². The summed E-state index contributed by atoms with van der Waals surface area (Å²) in [6.45, 7) is 3.74. The van der Waals surface area contributed by atoms with Gasteiger partial charge < -0.3 is 0 Å². The number of nitrogens with one attached hydrogen (secondary N) is 2. The van der Waals surface area contributed by atoms with Gasteiger partial charge in [-0.2, -0.15) is 0 Å². The molecule has 8 heavy (non-hydrogen) atoms. The van der Waals surface area contributed by atoms with E-state index in [1.54, 1.807) is 0 Å². The van der Waals surface area contributed by atoms with Gasteiger partial charge in [-0.3, -0.25) is 10.8 Å². The summed E-state index contributed by atoms with van der Waals surface area (Å²) in [5.41, 5.74) is 1.94. The summed E-state index contributed by atoms with van der Waals surface area (Å²) in [6.07, 6.45) is 0. The van der Waals surface area contributed by atoms with E-state index in [0.29, 0.717) is 10.7 Å². The first-order valence-corrected chi connectivity index (χ1v) is 2.50. The fourth-order valence-corrected chi connectivity index (χ4v) is 0.688. The Labute approximate surface area is 47.5 Å². The van der Waals surface area contributed by atoms with Gasteiger partial charge >= 0.3 is 0 Å². The Balaban J connectivity index is 3.48. The van der Waals surface area contributed by atoms with Crippen molar-refractivity contribution in [3.05, 3.63) is 21.8 Å². The molecule has 0 aliphatic rings. The molecule has 0 radical (unpaired) electrons. The third-order valence-corrected chi connectivity index (χ3v) is 1.56. The van der Waals surface area contributed by atoms with Crippen LogP contribution in [0.5, 0.6) is 0 Å². The van der Waals surface area contributed by atoms with Crippen LogP contribution in [-0.2, 0) is 0 Å². The van der Waals surface area contributed by atoms with Crippen LogP contribution in [0.2, 0.25) is 0 Å². The zero-order chi connectivity index (χ0) is 6.31. The minimum absolute atomic E-state index is 0.405. The topological polar surface area (TPSA) is 47.7 Å². The van der Waals surface area contributed by atoms with Crippen molar-refractivity contribution in [2.45, 2.75) is 13.8 Å². The van der Waals surface area contributed by atoms with Crippen molar-refractivity contribution in [2.24, 2.45) is 0 Å². The Morgan fingerprint density at radius 3 is 1.25 bits per heavy atom. The Hall–Kier alpha value is -0.920. The van der Waals surface area contributed by atoms with Crippen LogP contribution in [0.15, 0.2) is 0 Å². The molecule has 2 N–H and O–H groups in total. The van der Waals surface area contributed by atoms with Crippen molar-refractivity contribution >= 4 is 0 Å². The molecule has 0 aliphatic heterocycles. The number of hydrogen-bond acceptors (Lipinski definition) is 2. The molecule has 2 heteroatoms. The molecule has 0 spiro atoms. The summed E-state index contributed by atoms with van der Waals surface area (Å²) in [4.78, 5) is 0. The van der Waals surface area contributed by atoms with Gasteiger partial charge in [-0.15, -0.1) is 0 Å². The van der Waals surface area contributed by atoms with Gasteiger partial charge in [-0.25, -0.2) is 0 Å². The van der Waals surface area contributed by atoms with Crippen LogP contribution in [0.3, 0.4) is 0 Å². The second-order valence-electron chi connectivity index (χ2n) is 2.00. The van der Waals surface area contributed by atoms with Gasteiger partial charge in [0.15, 0.2) is 0 Å². The lowest BCUT2D eigenvalue weighted by molar-refractivity contribution is 1.00. The van der Waals surface area contributed by atoms with Crippen molar-refractivity contribution in [2.75, 3.05) is 0 Å². The lowest BCUT2D eigenvalue weighted by atomic mass is 10.0. The standard InChI is InChI=1S/C6H8N2/c1-3-4(2)6(8)5(3)7/h7-8H,1-2H3. The molecule has 0 bridgehead atoms. The molecule has 0 aromatic heterocycles. The largest absolute Gasteiger partial charge is 0.298 e. The SMILES string of the molecule is Cc1c(C)c(=N)c1=N. The van der Waals surface area contributed by atoms with E-state index in [2.05, 4.69) is 0 Å². The van der Waals surface area contributed by atoms with Gasteiger partial charge in [0, 0.05) is 0 Å². The third-order valence-electron chi connectivity index (χ3n) is 1.56. The number of rotatable bonds is 0. The quantitative estimate of drug-likeness (QED) is 0.475. The average Bonchev–Trinajstić information content (AvgIpc) is 1.83. The minimum atomic E-state index is 0.405. The predicted molar refractivity (Wildman–Crippen MR) is 30.0 cm³/mol. The Kier molecular flexibility index (Phi) is 0.834. The van der Waals surface area contributed by atoms with Crippen LogP contribution >= 0.6 is 0 Å². The van der Waals surface area contributed by atoms with E-state index in [1.165, 1.54) is 0 Å². The maximum absolute atomic E-state index is 7.09. The molecule has 1 aromatic carbocycles. The van der Waals surface area contributed by atoms with Gasteiger partial charge in [0.05, 0.1) is 10.7 Å². The maximum atomic E-state index is 7.09. The predicted octanol–water partition coefficient (Wildman–Crippen LogP) is 0.138. The smallest absolute Gasteiger partial charge is 0.0824 e. The molecule has 42 valence electrons. The third kappa shape index (κ3) is 0.372. The average molecular weight is 108 g/mol. The highest BCUT2D eigenvalue weighted by Crippen LogP contribution is 1.91. The summed E-state index contributed by atoms with van der Waals surface area (Å²) in [5.74, 6) is 0. The van der Waals surface area contributed by atoms with Gasteiger partial charge in [-0.1, -0.05) is 0 Å².